The molecule has 0 fully saturated rings. The first-order chi connectivity index (χ1) is 9.08. The minimum atomic E-state index is -0.964. The summed E-state index contributed by atoms with van der Waals surface area (Å²) in [5.41, 5.74) is 0.982. The fourth-order valence-corrected chi connectivity index (χ4v) is 2.13. The molecule has 0 unspecified atom stereocenters. The van der Waals surface area contributed by atoms with Gasteiger partial charge in [-0.15, -0.1) is 0 Å². The first-order valence-corrected chi connectivity index (χ1v) is 6.95. The summed E-state index contributed by atoms with van der Waals surface area (Å²) >= 11 is 6.04. The highest BCUT2D eigenvalue weighted by Gasteiger charge is 2.07. The second kappa shape index (κ2) is 8.02. The largest absolute Gasteiger partial charge is 0.478 e. The number of carboxylic acids is 1. The summed E-state index contributed by atoms with van der Waals surface area (Å²) in [6.07, 6.45) is 1.14. The van der Waals surface area contributed by atoms with E-state index in [-0.39, 0.29) is 5.56 Å². The van der Waals surface area contributed by atoms with Crippen LogP contribution in [0.5, 0.6) is 0 Å². The van der Waals surface area contributed by atoms with Gasteiger partial charge in [-0.05, 0) is 37.7 Å². The van der Waals surface area contributed by atoms with Crippen molar-refractivity contribution in [2.75, 3.05) is 31.5 Å². The number of nitrogens with zero attached hydrogens (tertiary/aromatic N) is 1. The van der Waals surface area contributed by atoms with Crippen molar-refractivity contribution in [2.24, 2.45) is 0 Å². The van der Waals surface area contributed by atoms with E-state index in [1.807, 2.05) is 0 Å². The van der Waals surface area contributed by atoms with Crippen molar-refractivity contribution in [3.8, 4) is 0 Å². The van der Waals surface area contributed by atoms with Crippen LogP contribution in [0.25, 0.3) is 0 Å². The van der Waals surface area contributed by atoms with Crippen LogP contribution in [-0.4, -0.2) is 42.2 Å². The molecule has 0 heterocycles. The number of anilines is 1. The smallest absolute Gasteiger partial charge is 0.335 e. The molecule has 0 spiro atoms. The second-order valence-electron chi connectivity index (χ2n) is 4.36. The number of halogens is 1. The summed E-state index contributed by atoms with van der Waals surface area (Å²) in [7, 11) is 0. The number of carboxylic acid groups (broad SMARTS) is 1. The number of nitrogens with one attached hydrogen (secondary N) is 1. The van der Waals surface area contributed by atoms with Crippen molar-refractivity contribution in [2.45, 2.75) is 20.3 Å². The van der Waals surface area contributed by atoms with Gasteiger partial charge in [-0.2, -0.15) is 0 Å². The van der Waals surface area contributed by atoms with Gasteiger partial charge in [0.2, 0.25) is 0 Å². The molecular formula is C14H21ClN2O2. The van der Waals surface area contributed by atoms with Crippen LogP contribution in [0.1, 0.15) is 30.6 Å². The number of hydrogen-bond acceptors (Lipinski definition) is 3. The third kappa shape index (κ3) is 5.09. The monoisotopic (exact) mass is 284 g/mol. The maximum atomic E-state index is 10.8. The number of hydrogen-bond donors (Lipinski definition) is 2. The molecule has 0 aliphatic rings. The molecule has 0 atom stereocenters. The standard InChI is InChI=1S/C14H21ClN2O2/c1-3-8-17(4-2)9-7-16-13-6-5-11(14(18)19)10-12(13)15/h5-6,10,16H,3-4,7-9H2,1-2H3,(H,18,19). The van der Waals surface area contributed by atoms with Gasteiger partial charge in [0.15, 0.2) is 0 Å². The summed E-state index contributed by atoms with van der Waals surface area (Å²) in [6, 6.07) is 4.73. The molecule has 0 saturated heterocycles. The molecule has 0 aliphatic carbocycles. The predicted molar refractivity (Wildman–Crippen MR) is 79.3 cm³/mol. The average molecular weight is 285 g/mol. The summed E-state index contributed by atoms with van der Waals surface area (Å²) in [6.45, 7) is 8.16. The van der Waals surface area contributed by atoms with Crippen LogP contribution in [-0.2, 0) is 0 Å². The molecule has 4 nitrogen and oxygen atoms in total. The summed E-state index contributed by atoms with van der Waals surface area (Å²) in [5.74, 6) is -0.964. The van der Waals surface area contributed by atoms with E-state index in [1.54, 1.807) is 12.1 Å². The lowest BCUT2D eigenvalue weighted by molar-refractivity contribution is 0.0697. The molecular weight excluding hydrogens is 264 g/mol. The molecule has 0 amide bonds. The minimum Gasteiger partial charge on any atom is -0.478 e. The van der Waals surface area contributed by atoms with E-state index >= 15 is 0 Å². The van der Waals surface area contributed by atoms with Crippen LogP contribution in [0.4, 0.5) is 5.69 Å². The first kappa shape index (κ1) is 15.8. The Hall–Kier alpha value is -1.26. The fourth-order valence-electron chi connectivity index (χ4n) is 1.88. The number of carbonyl (C=O) groups is 1. The minimum absolute atomic E-state index is 0.205. The van der Waals surface area contributed by atoms with Crippen LogP contribution >= 0.6 is 11.6 Å². The molecule has 1 rings (SSSR count). The summed E-state index contributed by atoms with van der Waals surface area (Å²) < 4.78 is 0. The van der Waals surface area contributed by atoms with E-state index in [0.29, 0.717) is 5.02 Å². The van der Waals surface area contributed by atoms with Crippen LogP contribution in [0.3, 0.4) is 0 Å². The summed E-state index contributed by atoms with van der Waals surface area (Å²) in [5, 5.41) is 12.5. The van der Waals surface area contributed by atoms with Crippen LogP contribution < -0.4 is 5.32 Å². The highest BCUT2D eigenvalue weighted by atomic mass is 35.5. The zero-order valence-electron chi connectivity index (χ0n) is 11.4. The summed E-state index contributed by atoms with van der Waals surface area (Å²) in [4.78, 5) is 13.1. The third-order valence-corrected chi connectivity index (χ3v) is 3.26. The lowest BCUT2D eigenvalue weighted by Gasteiger charge is -2.20. The molecule has 106 valence electrons. The lowest BCUT2D eigenvalue weighted by atomic mass is 10.2. The van der Waals surface area contributed by atoms with Gasteiger partial charge in [0, 0.05) is 13.1 Å². The fraction of sp³-hybridized carbons (Fsp3) is 0.500. The Kier molecular flexibility index (Phi) is 6.67. The Morgan fingerprint density at radius 2 is 2.11 bits per heavy atom. The van der Waals surface area contributed by atoms with E-state index in [1.165, 1.54) is 6.07 Å². The molecule has 2 N–H and O–H groups in total. The zero-order chi connectivity index (χ0) is 14.3. The van der Waals surface area contributed by atoms with Crippen molar-refractivity contribution in [3.63, 3.8) is 0 Å². The Labute approximate surface area is 119 Å². The molecule has 5 heteroatoms. The van der Waals surface area contributed by atoms with Crippen LogP contribution in [0, 0.1) is 0 Å². The lowest BCUT2D eigenvalue weighted by Crippen LogP contribution is -2.29. The van der Waals surface area contributed by atoms with Gasteiger partial charge < -0.3 is 15.3 Å². The maximum Gasteiger partial charge on any atom is 0.335 e. The molecule has 19 heavy (non-hydrogen) atoms. The van der Waals surface area contributed by atoms with Gasteiger partial charge in [-0.3, -0.25) is 0 Å². The Morgan fingerprint density at radius 1 is 1.37 bits per heavy atom. The van der Waals surface area contributed by atoms with Gasteiger partial charge in [-0.25, -0.2) is 4.79 Å². The van der Waals surface area contributed by atoms with E-state index in [2.05, 4.69) is 24.1 Å². The highest BCUT2D eigenvalue weighted by molar-refractivity contribution is 6.33. The van der Waals surface area contributed by atoms with Crippen molar-refractivity contribution < 1.29 is 9.90 Å². The number of likely N-dealkylation sites (N-methyl/N-ethyl adjacent to an activating group) is 1. The van der Waals surface area contributed by atoms with Gasteiger partial charge in [-0.1, -0.05) is 25.4 Å². The van der Waals surface area contributed by atoms with Crippen LogP contribution in [0.15, 0.2) is 18.2 Å². The Bertz CT molecular complexity index is 424. The maximum absolute atomic E-state index is 10.8. The molecule has 0 radical (unpaired) electrons. The van der Waals surface area contributed by atoms with E-state index in [9.17, 15) is 4.79 Å². The highest BCUT2D eigenvalue weighted by Crippen LogP contribution is 2.22. The van der Waals surface area contributed by atoms with E-state index < -0.39 is 5.97 Å². The number of rotatable bonds is 8. The molecule has 0 aliphatic heterocycles. The van der Waals surface area contributed by atoms with Gasteiger partial charge in [0.05, 0.1) is 16.3 Å². The van der Waals surface area contributed by atoms with Crippen molar-refractivity contribution in [3.05, 3.63) is 28.8 Å². The van der Waals surface area contributed by atoms with Crippen LogP contribution in [0.2, 0.25) is 5.02 Å². The topological polar surface area (TPSA) is 52.6 Å². The van der Waals surface area contributed by atoms with Gasteiger partial charge in [0.1, 0.15) is 0 Å². The second-order valence-corrected chi connectivity index (χ2v) is 4.77. The Morgan fingerprint density at radius 3 is 2.63 bits per heavy atom. The predicted octanol–water partition coefficient (Wildman–Crippen LogP) is 3.18. The number of aromatic carboxylic acids is 1. The normalized spacial score (nSPS) is 10.7. The molecule has 1 aromatic rings. The van der Waals surface area contributed by atoms with Crippen molar-refractivity contribution in [1.29, 1.82) is 0 Å². The SMILES string of the molecule is CCCN(CC)CCNc1ccc(C(=O)O)cc1Cl. The average Bonchev–Trinajstić information content (AvgIpc) is 2.39. The molecule has 0 aromatic heterocycles. The first-order valence-electron chi connectivity index (χ1n) is 6.57. The number of benzene rings is 1. The third-order valence-electron chi connectivity index (χ3n) is 2.95. The van der Waals surface area contributed by atoms with Crippen molar-refractivity contribution in [1.82, 2.24) is 4.90 Å². The quantitative estimate of drug-likeness (QED) is 0.770. The van der Waals surface area contributed by atoms with Gasteiger partial charge in [0.25, 0.3) is 0 Å². The van der Waals surface area contributed by atoms with Crippen molar-refractivity contribution >= 4 is 23.3 Å². The van der Waals surface area contributed by atoms with E-state index in [4.69, 9.17) is 16.7 Å². The van der Waals surface area contributed by atoms with E-state index in [0.717, 1.165) is 38.3 Å². The van der Waals surface area contributed by atoms with Gasteiger partial charge >= 0.3 is 5.97 Å². The molecule has 1 aromatic carbocycles. The molecule has 0 bridgehead atoms. The zero-order valence-corrected chi connectivity index (χ0v) is 12.2. The molecule has 0 saturated carbocycles. The Balaban J connectivity index is 2.51.